The second-order valence-electron chi connectivity index (χ2n) is 4.64. The number of ether oxygens (including phenoxy) is 2. The average Bonchev–Trinajstić information content (AvgIpc) is 2.42. The van der Waals surface area contributed by atoms with Crippen molar-refractivity contribution in [1.82, 2.24) is 0 Å². The van der Waals surface area contributed by atoms with Crippen LogP contribution in [0.1, 0.15) is 31.2 Å². The van der Waals surface area contributed by atoms with Crippen LogP contribution in [0.4, 0.5) is 8.78 Å². The van der Waals surface area contributed by atoms with Gasteiger partial charge >= 0.3 is 0 Å². The van der Waals surface area contributed by atoms with Gasteiger partial charge in [-0.2, -0.15) is 5.26 Å². The largest absolute Gasteiger partial charge is 0.484 e. The van der Waals surface area contributed by atoms with E-state index in [4.69, 9.17) is 14.7 Å². The smallest absolute Gasteiger partial charge is 0.191 e. The molecule has 2 atom stereocenters. The van der Waals surface area contributed by atoms with E-state index in [0.29, 0.717) is 6.42 Å². The lowest BCUT2D eigenvalue weighted by atomic mass is 9.95. The fourth-order valence-electron chi connectivity index (χ4n) is 2.33. The van der Waals surface area contributed by atoms with Gasteiger partial charge in [-0.15, -0.1) is 0 Å². The molecule has 2 rings (SSSR count). The van der Waals surface area contributed by atoms with E-state index in [1.165, 1.54) is 0 Å². The first-order valence-corrected chi connectivity index (χ1v) is 6.22. The first-order valence-electron chi connectivity index (χ1n) is 6.22. The number of nitriles is 1. The van der Waals surface area contributed by atoms with Crippen molar-refractivity contribution in [2.24, 2.45) is 0 Å². The molecule has 1 aliphatic rings. The second-order valence-corrected chi connectivity index (χ2v) is 4.64. The molecule has 0 amide bonds. The Balaban J connectivity index is 2.13. The predicted octanol–water partition coefficient (Wildman–Crippen LogP) is 3.17. The first-order chi connectivity index (χ1) is 9.13. The third-order valence-electron chi connectivity index (χ3n) is 3.32. The van der Waals surface area contributed by atoms with E-state index >= 15 is 0 Å². The third kappa shape index (κ3) is 3.21. The van der Waals surface area contributed by atoms with Crippen LogP contribution in [-0.4, -0.2) is 19.3 Å². The van der Waals surface area contributed by atoms with Gasteiger partial charge in [0, 0.05) is 13.5 Å². The average molecular weight is 267 g/mol. The molecule has 0 heterocycles. The van der Waals surface area contributed by atoms with Crippen molar-refractivity contribution in [3.05, 3.63) is 29.3 Å². The zero-order valence-corrected chi connectivity index (χ0v) is 10.7. The summed E-state index contributed by atoms with van der Waals surface area (Å²) in [5.41, 5.74) is -0.0548. The third-order valence-corrected chi connectivity index (χ3v) is 3.32. The Bertz CT molecular complexity index is 476. The van der Waals surface area contributed by atoms with Gasteiger partial charge in [-0.3, -0.25) is 0 Å². The topological polar surface area (TPSA) is 42.2 Å². The van der Waals surface area contributed by atoms with Gasteiger partial charge in [-0.05, 0) is 31.4 Å². The summed E-state index contributed by atoms with van der Waals surface area (Å²) in [6, 6.07) is 3.66. The predicted molar refractivity (Wildman–Crippen MR) is 64.8 cm³/mol. The Kier molecular flexibility index (Phi) is 4.33. The highest BCUT2D eigenvalue weighted by Crippen LogP contribution is 2.29. The molecule has 0 aromatic heterocycles. The van der Waals surface area contributed by atoms with Crippen molar-refractivity contribution in [3.8, 4) is 11.8 Å². The molecule has 1 aromatic rings. The number of hydrogen-bond donors (Lipinski definition) is 0. The highest BCUT2D eigenvalue weighted by atomic mass is 19.1. The molecule has 3 nitrogen and oxygen atoms in total. The minimum absolute atomic E-state index is 0.0548. The summed E-state index contributed by atoms with van der Waals surface area (Å²) in [7, 11) is 1.62. The Morgan fingerprint density at radius 2 is 1.84 bits per heavy atom. The fraction of sp³-hybridized carbons (Fsp3) is 0.500. The van der Waals surface area contributed by atoms with Gasteiger partial charge in [0.2, 0.25) is 0 Å². The molecule has 1 saturated carbocycles. The van der Waals surface area contributed by atoms with Gasteiger partial charge in [0.25, 0.3) is 0 Å². The molecule has 0 N–H and O–H groups in total. The number of halogens is 2. The number of hydrogen-bond acceptors (Lipinski definition) is 3. The summed E-state index contributed by atoms with van der Waals surface area (Å²) in [5.74, 6) is -2.08. The van der Waals surface area contributed by atoms with Crippen molar-refractivity contribution in [2.45, 2.75) is 37.9 Å². The van der Waals surface area contributed by atoms with Gasteiger partial charge in [-0.1, -0.05) is 0 Å². The molecule has 102 valence electrons. The van der Waals surface area contributed by atoms with Crippen LogP contribution in [0.3, 0.4) is 0 Å². The zero-order chi connectivity index (χ0) is 13.8. The summed E-state index contributed by atoms with van der Waals surface area (Å²) < 4.78 is 38.0. The standard InChI is InChI=1S/C14H15F2NO2/c1-18-10-3-2-4-11(7-10)19-14-12(15)5-9(8-17)6-13(14)16/h5-6,10-11H,2-4,7H2,1H3. The Labute approximate surface area is 110 Å². The van der Waals surface area contributed by atoms with Crippen molar-refractivity contribution in [3.63, 3.8) is 0 Å². The van der Waals surface area contributed by atoms with Crippen LogP contribution in [0.5, 0.6) is 5.75 Å². The highest BCUT2D eigenvalue weighted by Gasteiger charge is 2.25. The SMILES string of the molecule is COC1CCCC(Oc2c(F)cc(C#N)cc2F)C1. The molecule has 0 saturated heterocycles. The van der Waals surface area contributed by atoms with Crippen molar-refractivity contribution >= 4 is 0 Å². The van der Waals surface area contributed by atoms with E-state index in [9.17, 15) is 8.78 Å². The first kappa shape index (κ1) is 13.8. The van der Waals surface area contributed by atoms with E-state index in [1.807, 2.05) is 0 Å². The second kappa shape index (κ2) is 5.98. The molecule has 19 heavy (non-hydrogen) atoms. The quantitative estimate of drug-likeness (QED) is 0.844. The van der Waals surface area contributed by atoms with Crippen LogP contribution >= 0.6 is 0 Å². The lowest BCUT2D eigenvalue weighted by Gasteiger charge is -2.28. The Morgan fingerprint density at radius 1 is 1.21 bits per heavy atom. The molecule has 0 radical (unpaired) electrons. The van der Waals surface area contributed by atoms with Gasteiger partial charge in [0.05, 0.1) is 17.7 Å². The maximum Gasteiger partial charge on any atom is 0.191 e. The summed E-state index contributed by atoms with van der Waals surface area (Å²) in [5, 5.41) is 8.62. The summed E-state index contributed by atoms with van der Waals surface area (Å²) >= 11 is 0. The molecule has 1 fully saturated rings. The minimum Gasteiger partial charge on any atom is -0.484 e. The summed E-state index contributed by atoms with van der Waals surface area (Å²) in [6.45, 7) is 0. The monoisotopic (exact) mass is 267 g/mol. The minimum atomic E-state index is -0.837. The maximum absolute atomic E-state index is 13.7. The lowest BCUT2D eigenvalue weighted by molar-refractivity contribution is 0.0184. The fourth-order valence-corrected chi connectivity index (χ4v) is 2.33. The van der Waals surface area contributed by atoms with Gasteiger partial charge in [0.1, 0.15) is 6.10 Å². The zero-order valence-electron chi connectivity index (χ0n) is 10.7. The summed E-state index contributed by atoms with van der Waals surface area (Å²) in [4.78, 5) is 0. The van der Waals surface area contributed by atoms with Crippen molar-refractivity contribution in [1.29, 1.82) is 5.26 Å². The van der Waals surface area contributed by atoms with Gasteiger partial charge in [-0.25, -0.2) is 8.78 Å². The van der Waals surface area contributed by atoms with Crippen LogP contribution in [-0.2, 0) is 4.74 Å². The van der Waals surface area contributed by atoms with E-state index in [-0.39, 0.29) is 17.8 Å². The van der Waals surface area contributed by atoms with Crippen molar-refractivity contribution in [2.75, 3.05) is 7.11 Å². The summed E-state index contributed by atoms with van der Waals surface area (Å²) in [6.07, 6.45) is 3.03. The molecule has 1 aliphatic carbocycles. The highest BCUT2D eigenvalue weighted by molar-refractivity contribution is 5.37. The van der Waals surface area contributed by atoms with Crippen LogP contribution in [0.2, 0.25) is 0 Å². The van der Waals surface area contributed by atoms with E-state index in [2.05, 4.69) is 0 Å². The normalized spacial score (nSPS) is 22.8. The van der Waals surface area contributed by atoms with Crippen LogP contribution in [0.25, 0.3) is 0 Å². The van der Waals surface area contributed by atoms with Crippen LogP contribution in [0.15, 0.2) is 12.1 Å². The van der Waals surface area contributed by atoms with E-state index in [0.717, 1.165) is 31.4 Å². The van der Waals surface area contributed by atoms with Crippen LogP contribution in [0, 0.1) is 23.0 Å². The number of rotatable bonds is 3. The van der Waals surface area contributed by atoms with Gasteiger partial charge < -0.3 is 9.47 Å². The molecule has 2 unspecified atom stereocenters. The molecule has 5 heteroatoms. The molecule has 0 bridgehead atoms. The molecule has 0 spiro atoms. The Hall–Kier alpha value is -1.67. The number of nitrogens with zero attached hydrogens (tertiary/aromatic N) is 1. The van der Waals surface area contributed by atoms with E-state index < -0.39 is 17.4 Å². The van der Waals surface area contributed by atoms with Crippen molar-refractivity contribution < 1.29 is 18.3 Å². The molecule has 1 aromatic carbocycles. The maximum atomic E-state index is 13.7. The van der Waals surface area contributed by atoms with Crippen LogP contribution < -0.4 is 4.74 Å². The molecule has 0 aliphatic heterocycles. The Morgan fingerprint density at radius 3 is 2.42 bits per heavy atom. The molecular weight excluding hydrogens is 252 g/mol. The van der Waals surface area contributed by atoms with E-state index in [1.54, 1.807) is 13.2 Å². The van der Waals surface area contributed by atoms with Gasteiger partial charge in [0.15, 0.2) is 17.4 Å². The number of methoxy groups -OCH3 is 1. The molecular formula is C14H15F2NO2. The lowest BCUT2D eigenvalue weighted by Crippen LogP contribution is -2.30. The number of benzene rings is 1.